The third kappa shape index (κ3) is 54.6. The number of hydrogen-bond acceptors (Lipinski definition) is 6. The van der Waals surface area contributed by atoms with Crippen LogP contribution in [0.2, 0.25) is 0 Å². The number of nitrogens with zero attached hydrogens (tertiary/aromatic N) is 1. The van der Waals surface area contributed by atoms with Crippen molar-refractivity contribution < 1.29 is 32.9 Å². The predicted octanol–water partition coefficient (Wildman–Crippen LogP) is 17.7. The lowest BCUT2D eigenvalue weighted by molar-refractivity contribution is -0.870. The molecular weight excluding hydrogens is 876 g/mol. The molecule has 0 saturated carbocycles. The van der Waals surface area contributed by atoms with E-state index in [2.05, 4.69) is 31.3 Å². The number of hydrogen-bond donors (Lipinski definition) is 2. The van der Waals surface area contributed by atoms with Gasteiger partial charge < -0.3 is 28.8 Å². The summed E-state index contributed by atoms with van der Waals surface area (Å²) in [5.74, 6) is -0.200. The van der Waals surface area contributed by atoms with E-state index in [1.54, 1.807) is 6.08 Å². The number of unbranched alkanes of at least 4 members (excludes halogenated alkanes) is 41. The number of carbonyl (C=O) groups excluding carboxylic acids is 1. The highest BCUT2D eigenvalue weighted by molar-refractivity contribution is 7.45. The highest BCUT2D eigenvalue weighted by Crippen LogP contribution is 2.38. The number of nitrogens with one attached hydrogen (secondary N) is 1. The monoisotopic (exact) mass is 995 g/mol. The van der Waals surface area contributed by atoms with Crippen LogP contribution in [0.1, 0.15) is 303 Å². The van der Waals surface area contributed by atoms with Gasteiger partial charge in [-0.05, 0) is 32.1 Å². The Kier molecular flexibility index (Phi) is 51.1. The minimum Gasteiger partial charge on any atom is -0.756 e. The Bertz CT molecular complexity index is 1170. The quantitative estimate of drug-likeness (QED) is 0.0272. The van der Waals surface area contributed by atoms with Gasteiger partial charge in [0.2, 0.25) is 5.91 Å². The molecule has 0 spiro atoms. The van der Waals surface area contributed by atoms with Crippen molar-refractivity contribution in [3.05, 3.63) is 24.3 Å². The first-order valence-electron chi connectivity index (χ1n) is 30.2. The van der Waals surface area contributed by atoms with Crippen LogP contribution in [0.3, 0.4) is 0 Å². The molecule has 0 bridgehead atoms. The molecule has 69 heavy (non-hydrogen) atoms. The Morgan fingerprint density at radius 1 is 0.493 bits per heavy atom. The molecule has 3 atom stereocenters. The Morgan fingerprint density at radius 3 is 1.17 bits per heavy atom. The van der Waals surface area contributed by atoms with Crippen molar-refractivity contribution in [1.29, 1.82) is 0 Å². The van der Waals surface area contributed by atoms with E-state index in [9.17, 15) is 19.4 Å². The van der Waals surface area contributed by atoms with Crippen molar-refractivity contribution in [3.63, 3.8) is 0 Å². The zero-order chi connectivity index (χ0) is 50.6. The van der Waals surface area contributed by atoms with Crippen LogP contribution in [0, 0.1) is 0 Å². The summed E-state index contributed by atoms with van der Waals surface area (Å²) >= 11 is 0. The molecule has 0 aliphatic carbocycles. The molecule has 0 aromatic carbocycles. The second-order valence-electron chi connectivity index (χ2n) is 22.1. The van der Waals surface area contributed by atoms with Crippen molar-refractivity contribution in [2.75, 3.05) is 40.9 Å². The first-order chi connectivity index (χ1) is 33.5. The fraction of sp³-hybridized carbons (Fsp3) is 0.917. The van der Waals surface area contributed by atoms with Crippen LogP contribution in [-0.4, -0.2) is 68.5 Å². The normalized spacial score (nSPS) is 14.0. The number of aliphatic hydroxyl groups excluding tert-OH is 1. The summed E-state index contributed by atoms with van der Waals surface area (Å²) in [5.41, 5.74) is 0. The summed E-state index contributed by atoms with van der Waals surface area (Å²) in [6.45, 7) is 4.67. The first kappa shape index (κ1) is 68.0. The van der Waals surface area contributed by atoms with Gasteiger partial charge in [-0.15, -0.1) is 0 Å². The fourth-order valence-corrected chi connectivity index (χ4v) is 9.90. The highest BCUT2D eigenvalue weighted by Gasteiger charge is 2.23. The minimum absolute atomic E-state index is 0.00372. The second kappa shape index (κ2) is 51.9. The largest absolute Gasteiger partial charge is 0.756 e. The summed E-state index contributed by atoms with van der Waals surface area (Å²) in [7, 11) is 1.26. The smallest absolute Gasteiger partial charge is 0.268 e. The summed E-state index contributed by atoms with van der Waals surface area (Å²) in [6.07, 6.45) is 65.6. The molecule has 0 aliphatic rings. The molecule has 3 unspecified atom stereocenters. The SMILES string of the molecule is CCCCCCCCCCCCCC/C=C/CC/C=C/C(O)C(COP(=O)([O-])OCC[N+](C)(C)C)NC(=O)CCCCCCCCCCCCCCCCCCCCCCCCCCCCCCC. The molecule has 9 heteroatoms. The van der Waals surface area contributed by atoms with Gasteiger partial charge in [0.25, 0.3) is 7.82 Å². The Morgan fingerprint density at radius 2 is 0.812 bits per heavy atom. The van der Waals surface area contributed by atoms with Gasteiger partial charge in [0.15, 0.2) is 0 Å². The average Bonchev–Trinajstić information content (AvgIpc) is 3.31. The molecule has 410 valence electrons. The number of allylic oxidation sites excluding steroid dienone is 3. The lowest BCUT2D eigenvalue weighted by Gasteiger charge is -2.29. The predicted molar refractivity (Wildman–Crippen MR) is 298 cm³/mol. The molecule has 2 N–H and O–H groups in total. The van der Waals surface area contributed by atoms with Crippen LogP contribution in [0.4, 0.5) is 0 Å². The molecular formula is C60H119N2O6P. The maximum Gasteiger partial charge on any atom is 0.268 e. The van der Waals surface area contributed by atoms with Crippen molar-refractivity contribution in [2.45, 2.75) is 315 Å². The van der Waals surface area contributed by atoms with E-state index < -0.39 is 20.0 Å². The number of likely N-dealkylation sites (N-methyl/N-ethyl adjacent to an activating group) is 1. The van der Waals surface area contributed by atoms with E-state index in [0.29, 0.717) is 17.4 Å². The summed E-state index contributed by atoms with van der Waals surface area (Å²) in [5, 5.41) is 13.9. The Labute approximate surface area is 430 Å². The van der Waals surface area contributed by atoms with Gasteiger partial charge in [-0.25, -0.2) is 0 Å². The molecule has 0 aromatic heterocycles. The maximum atomic E-state index is 13.0. The summed E-state index contributed by atoms with van der Waals surface area (Å²) < 4.78 is 23.3. The zero-order valence-corrected chi connectivity index (χ0v) is 47.7. The Balaban J connectivity index is 4.11. The van der Waals surface area contributed by atoms with Crippen molar-refractivity contribution >= 4 is 13.7 Å². The lowest BCUT2D eigenvalue weighted by Crippen LogP contribution is -2.45. The standard InChI is InChI=1S/C60H119N2O6P/c1-6-8-10-12-14-16-18-20-22-24-26-27-28-29-30-31-32-33-34-35-36-38-40-42-44-46-48-50-52-54-60(64)61-58(57-68-69(65,66)67-56-55-62(3,4)5)59(63)53-51-49-47-45-43-41-39-37-25-23-21-19-17-15-13-11-9-7-2/h43,45,51,53,58-59,63H,6-42,44,46-50,52,54-57H2,1-5H3,(H-,61,64,65,66)/b45-43+,53-51+. The molecule has 0 aliphatic heterocycles. The Hall–Kier alpha value is -1.02. The van der Waals surface area contributed by atoms with Gasteiger partial charge in [-0.1, -0.05) is 289 Å². The van der Waals surface area contributed by atoms with Crippen molar-refractivity contribution in [2.24, 2.45) is 0 Å². The zero-order valence-electron chi connectivity index (χ0n) is 46.8. The van der Waals surface area contributed by atoms with Gasteiger partial charge >= 0.3 is 0 Å². The first-order valence-corrected chi connectivity index (χ1v) is 31.7. The van der Waals surface area contributed by atoms with Crippen LogP contribution < -0.4 is 10.2 Å². The van der Waals surface area contributed by atoms with Crippen molar-refractivity contribution in [1.82, 2.24) is 5.32 Å². The number of carbonyl (C=O) groups is 1. The van der Waals surface area contributed by atoms with Gasteiger partial charge in [0.05, 0.1) is 39.9 Å². The van der Waals surface area contributed by atoms with Gasteiger partial charge in [-0.3, -0.25) is 9.36 Å². The van der Waals surface area contributed by atoms with E-state index in [1.807, 2.05) is 27.2 Å². The van der Waals surface area contributed by atoms with E-state index in [-0.39, 0.29) is 19.1 Å². The minimum atomic E-state index is -4.60. The van der Waals surface area contributed by atoms with Gasteiger partial charge in [0, 0.05) is 6.42 Å². The molecule has 0 aromatic rings. The van der Waals surface area contributed by atoms with E-state index in [4.69, 9.17) is 9.05 Å². The topological polar surface area (TPSA) is 108 Å². The number of aliphatic hydroxyl groups is 1. The number of rotatable bonds is 56. The van der Waals surface area contributed by atoms with Gasteiger partial charge in [-0.2, -0.15) is 0 Å². The molecule has 0 saturated heterocycles. The van der Waals surface area contributed by atoms with Crippen molar-refractivity contribution in [3.8, 4) is 0 Å². The maximum absolute atomic E-state index is 13.0. The fourth-order valence-electron chi connectivity index (χ4n) is 9.17. The molecule has 0 heterocycles. The third-order valence-electron chi connectivity index (χ3n) is 13.9. The summed E-state index contributed by atoms with van der Waals surface area (Å²) in [4.78, 5) is 25.5. The second-order valence-corrected chi connectivity index (χ2v) is 23.5. The average molecular weight is 996 g/mol. The number of phosphoric acid groups is 1. The molecule has 0 fully saturated rings. The summed E-state index contributed by atoms with van der Waals surface area (Å²) in [6, 6.07) is -0.900. The van der Waals surface area contributed by atoms with Crippen LogP contribution in [0.25, 0.3) is 0 Å². The van der Waals surface area contributed by atoms with E-state index in [1.165, 1.54) is 244 Å². The van der Waals surface area contributed by atoms with Crippen LogP contribution in [-0.2, 0) is 18.4 Å². The third-order valence-corrected chi connectivity index (χ3v) is 14.9. The highest BCUT2D eigenvalue weighted by atomic mass is 31.2. The number of quaternary nitrogens is 1. The van der Waals surface area contributed by atoms with Crippen LogP contribution >= 0.6 is 7.82 Å². The van der Waals surface area contributed by atoms with Crippen LogP contribution in [0.15, 0.2) is 24.3 Å². The number of amides is 1. The number of phosphoric ester groups is 1. The molecule has 0 radical (unpaired) electrons. The van der Waals surface area contributed by atoms with Gasteiger partial charge in [0.1, 0.15) is 13.2 Å². The van der Waals surface area contributed by atoms with Crippen LogP contribution in [0.5, 0.6) is 0 Å². The van der Waals surface area contributed by atoms with E-state index in [0.717, 1.165) is 38.5 Å². The molecule has 8 nitrogen and oxygen atoms in total. The lowest BCUT2D eigenvalue weighted by atomic mass is 10.0. The molecule has 1 amide bonds. The van der Waals surface area contributed by atoms with E-state index >= 15 is 0 Å². The molecule has 0 rings (SSSR count).